The Morgan fingerprint density at radius 2 is 1.82 bits per heavy atom. The van der Waals surface area contributed by atoms with Crippen molar-refractivity contribution in [3.8, 4) is 0 Å². The second-order valence-electron chi connectivity index (χ2n) is 6.35. The number of halogens is 1. The highest BCUT2D eigenvalue weighted by Gasteiger charge is 2.76. The molecular weight excluding hydrogens is 282 g/mol. The average molecular weight is 302 g/mol. The second-order valence-corrected chi connectivity index (χ2v) is 7.27. The van der Waals surface area contributed by atoms with Gasteiger partial charge < -0.3 is 4.90 Å². The van der Waals surface area contributed by atoms with E-state index in [0.717, 1.165) is 12.8 Å². The third-order valence-electron chi connectivity index (χ3n) is 5.51. The quantitative estimate of drug-likeness (QED) is 0.697. The molecule has 0 spiro atoms. The highest BCUT2D eigenvalue weighted by Crippen LogP contribution is 2.72. The summed E-state index contributed by atoms with van der Waals surface area (Å²) >= 11 is 3.50. The molecule has 0 N–H and O–H groups in total. The zero-order valence-corrected chi connectivity index (χ0v) is 12.7. The molecular formula is C13H20BrNO2. The van der Waals surface area contributed by atoms with Crippen molar-refractivity contribution in [3.05, 3.63) is 0 Å². The van der Waals surface area contributed by atoms with Crippen LogP contribution in [0, 0.1) is 16.2 Å². The number of ketones is 1. The van der Waals surface area contributed by atoms with Crippen molar-refractivity contribution in [1.82, 2.24) is 4.90 Å². The van der Waals surface area contributed by atoms with Crippen LogP contribution in [-0.2, 0) is 9.59 Å². The van der Waals surface area contributed by atoms with Gasteiger partial charge in [-0.15, -0.1) is 0 Å². The average Bonchev–Trinajstić information content (AvgIpc) is 2.50. The molecule has 3 nitrogen and oxygen atoms in total. The maximum Gasteiger partial charge on any atom is 0.230 e. The Morgan fingerprint density at radius 1 is 1.29 bits per heavy atom. The van der Waals surface area contributed by atoms with Crippen LogP contribution < -0.4 is 0 Å². The highest BCUT2D eigenvalue weighted by atomic mass is 79.9. The Labute approximate surface area is 111 Å². The first-order valence-corrected chi connectivity index (χ1v) is 6.94. The Morgan fingerprint density at radius 3 is 2.18 bits per heavy atom. The van der Waals surface area contributed by atoms with Crippen molar-refractivity contribution >= 4 is 27.6 Å². The maximum atomic E-state index is 12.6. The molecule has 2 aliphatic rings. The van der Waals surface area contributed by atoms with E-state index in [1.165, 1.54) is 0 Å². The van der Waals surface area contributed by atoms with Crippen LogP contribution in [0.4, 0.5) is 0 Å². The van der Waals surface area contributed by atoms with E-state index >= 15 is 0 Å². The van der Waals surface area contributed by atoms with Crippen molar-refractivity contribution < 1.29 is 9.59 Å². The lowest BCUT2D eigenvalue weighted by atomic mass is 9.64. The molecule has 1 amide bonds. The zero-order valence-electron chi connectivity index (χ0n) is 11.1. The van der Waals surface area contributed by atoms with Crippen LogP contribution in [0.1, 0.15) is 33.6 Å². The minimum Gasteiger partial charge on any atom is -0.348 e. The van der Waals surface area contributed by atoms with Gasteiger partial charge in [0.15, 0.2) is 5.78 Å². The summed E-state index contributed by atoms with van der Waals surface area (Å²) in [6, 6.07) is 0. The molecule has 96 valence electrons. The number of carbonyl (C=O) groups excluding carboxylic acids is 2. The summed E-state index contributed by atoms with van der Waals surface area (Å²) in [4.78, 5) is 26.3. The normalized spacial score (nSPS) is 42.9. The van der Waals surface area contributed by atoms with Crippen molar-refractivity contribution in [2.24, 2.45) is 16.2 Å². The van der Waals surface area contributed by atoms with Crippen LogP contribution in [0.25, 0.3) is 0 Å². The maximum absolute atomic E-state index is 12.6. The van der Waals surface area contributed by atoms with Gasteiger partial charge >= 0.3 is 0 Å². The van der Waals surface area contributed by atoms with E-state index in [1.807, 2.05) is 6.92 Å². The predicted octanol–water partition coefficient (Wildman–Crippen LogP) is 2.23. The molecule has 0 radical (unpaired) electrons. The van der Waals surface area contributed by atoms with Gasteiger partial charge in [-0.05, 0) is 18.3 Å². The first-order chi connectivity index (χ1) is 7.63. The molecule has 2 bridgehead atoms. The minimum absolute atomic E-state index is 0.0824. The van der Waals surface area contributed by atoms with Crippen molar-refractivity contribution in [2.75, 3.05) is 14.1 Å². The van der Waals surface area contributed by atoms with Gasteiger partial charge in [0.25, 0.3) is 0 Å². The molecule has 0 aromatic carbocycles. The number of amides is 1. The number of Topliss-reactive ketones (excluding diaryl/α,β-unsaturated/α-hetero) is 1. The molecule has 4 heteroatoms. The van der Waals surface area contributed by atoms with Gasteiger partial charge in [-0.25, -0.2) is 0 Å². The van der Waals surface area contributed by atoms with E-state index in [4.69, 9.17) is 0 Å². The van der Waals surface area contributed by atoms with E-state index in [1.54, 1.807) is 19.0 Å². The number of hydrogen-bond donors (Lipinski definition) is 0. The first-order valence-electron chi connectivity index (χ1n) is 6.03. The summed E-state index contributed by atoms with van der Waals surface area (Å²) in [6.45, 7) is 6.16. The third kappa shape index (κ3) is 1.13. The van der Waals surface area contributed by atoms with Crippen LogP contribution in [0.2, 0.25) is 0 Å². The van der Waals surface area contributed by atoms with Crippen molar-refractivity contribution in [3.63, 3.8) is 0 Å². The van der Waals surface area contributed by atoms with Crippen LogP contribution >= 0.6 is 15.9 Å². The van der Waals surface area contributed by atoms with Crippen LogP contribution in [-0.4, -0.2) is 35.5 Å². The van der Waals surface area contributed by atoms with Crippen LogP contribution in [0.5, 0.6) is 0 Å². The molecule has 2 fully saturated rings. The van der Waals surface area contributed by atoms with Gasteiger partial charge in [-0.2, -0.15) is 0 Å². The van der Waals surface area contributed by atoms with Crippen molar-refractivity contribution in [2.45, 2.75) is 38.4 Å². The Hall–Kier alpha value is -0.380. The summed E-state index contributed by atoms with van der Waals surface area (Å²) in [5.74, 6) is 0.280. The lowest BCUT2D eigenvalue weighted by molar-refractivity contribution is -0.144. The van der Waals surface area contributed by atoms with Gasteiger partial charge in [0.05, 0.1) is 10.2 Å². The molecule has 2 saturated carbocycles. The van der Waals surface area contributed by atoms with E-state index in [9.17, 15) is 9.59 Å². The Balaban J connectivity index is 2.62. The summed E-state index contributed by atoms with van der Waals surface area (Å²) in [7, 11) is 3.54. The largest absolute Gasteiger partial charge is 0.348 e. The van der Waals surface area contributed by atoms with Crippen LogP contribution in [0.15, 0.2) is 0 Å². The summed E-state index contributed by atoms with van der Waals surface area (Å²) in [6.07, 6.45) is 1.62. The predicted molar refractivity (Wildman–Crippen MR) is 70.0 cm³/mol. The first kappa shape index (κ1) is 13.1. The zero-order chi connectivity index (χ0) is 13.2. The van der Waals surface area contributed by atoms with Crippen LogP contribution in [0.3, 0.4) is 0 Å². The van der Waals surface area contributed by atoms with Gasteiger partial charge in [0.1, 0.15) is 0 Å². The fourth-order valence-corrected chi connectivity index (χ4v) is 5.33. The molecule has 2 aliphatic carbocycles. The third-order valence-corrected chi connectivity index (χ3v) is 6.71. The fourth-order valence-electron chi connectivity index (χ4n) is 3.82. The molecule has 0 aromatic heterocycles. The topological polar surface area (TPSA) is 37.4 Å². The van der Waals surface area contributed by atoms with Gasteiger partial charge in [-0.3, -0.25) is 9.59 Å². The number of hydrogen-bond acceptors (Lipinski definition) is 2. The number of rotatable bonds is 1. The smallest absolute Gasteiger partial charge is 0.230 e. The van der Waals surface area contributed by atoms with Gasteiger partial charge in [0.2, 0.25) is 5.91 Å². The molecule has 0 saturated heterocycles. The molecule has 0 aromatic rings. The number of carbonyl (C=O) groups is 2. The second kappa shape index (κ2) is 3.34. The summed E-state index contributed by atoms with van der Waals surface area (Å²) < 4.78 is 0. The summed E-state index contributed by atoms with van der Waals surface area (Å²) in [5, 5.41) is 0. The monoisotopic (exact) mass is 301 g/mol. The standard InChI is InChI=1S/C13H20BrNO2/c1-11(2)12(3)6-7-13(11,8(14)9(12)16)10(17)15(4)5/h8H,6-7H2,1-5H3/t8-,12+,13+/m1/s1. The van der Waals surface area contributed by atoms with E-state index < -0.39 is 5.41 Å². The highest BCUT2D eigenvalue weighted by molar-refractivity contribution is 9.10. The molecule has 0 unspecified atom stereocenters. The molecule has 0 heterocycles. The Kier molecular flexibility index (Phi) is 2.57. The SMILES string of the molecule is CN(C)C(=O)[C@]12CC[C@@](C)(C(=O)[C@H]1Br)C2(C)C. The minimum atomic E-state index is -0.567. The number of alkyl halides is 1. The molecule has 0 aliphatic heterocycles. The van der Waals surface area contributed by atoms with E-state index in [-0.39, 0.29) is 27.3 Å². The Bertz CT molecular complexity index is 404. The molecule has 2 rings (SSSR count). The van der Waals surface area contributed by atoms with Gasteiger partial charge in [-0.1, -0.05) is 36.7 Å². The lowest BCUT2D eigenvalue weighted by Gasteiger charge is -2.41. The van der Waals surface area contributed by atoms with Gasteiger partial charge in [0, 0.05) is 19.5 Å². The van der Waals surface area contributed by atoms with Crippen molar-refractivity contribution in [1.29, 1.82) is 0 Å². The van der Waals surface area contributed by atoms with E-state index in [0.29, 0.717) is 0 Å². The molecule has 17 heavy (non-hydrogen) atoms. The molecule has 3 atom stereocenters. The summed E-state index contributed by atoms with van der Waals surface area (Å²) in [5.41, 5.74) is -1.22. The number of fused-ring (bicyclic) bond motifs is 2. The lowest BCUT2D eigenvalue weighted by Crippen LogP contribution is -2.50. The van der Waals surface area contributed by atoms with E-state index in [2.05, 4.69) is 29.8 Å². The fraction of sp³-hybridized carbons (Fsp3) is 0.846. The number of nitrogens with zero attached hydrogens (tertiary/aromatic N) is 1.